The molecule has 0 aliphatic rings. The first-order chi connectivity index (χ1) is 8.56. The SMILES string of the molecule is CNC(=O)c1c(N)nsc1NCCOCC(C)C. The first-order valence-electron chi connectivity index (χ1n) is 5.85. The first-order valence-corrected chi connectivity index (χ1v) is 6.62. The number of rotatable bonds is 7. The molecule has 0 bridgehead atoms. The Kier molecular flexibility index (Phi) is 5.87. The molecule has 1 aromatic heterocycles. The summed E-state index contributed by atoms with van der Waals surface area (Å²) in [5.41, 5.74) is 6.06. The molecule has 1 heterocycles. The Morgan fingerprint density at radius 2 is 2.28 bits per heavy atom. The molecule has 0 saturated heterocycles. The molecule has 7 heteroatoms. The summed E-state index contributed by atoms with van der Waals surface area (Å²) < 4.78 is 9.41. The van der Waals surface area contributed by atoms with Crippen molar-refractivity contribution in [3.8, 4) is 0 Å². The number of ether oxygens (including phenoxy) is 1. The largest absolute Gasteiger partial charge is 0.382 e. The van der Waals surface area contributed by atoms with Crippen molar-refractivity contribution in [2.45, 2.75) is 13.8 Å². The quantitative estimate of drug-likeness (QED) is 0.648. The molecule has 1 aromatic rings. The summed E-state index contributed by atoms with van der Waals surface area (Å²) in [7, 11) is 1.56. The molecule has 0 saturated carbocycles. The van der Waals surface area contributed by atoms with Crippen LogP contribution in [0.1, 0.15) is 24.2 Å². The van der Waals surface area contributed by atoms with E-state index < -0.39 is 0 Å². The van der Waals surface area contributed by atoms with Crippen molar-refractivity contribution < 1.29 is 9.53 Å². The number of nitrogen functional groups attached to an aromatic ring is 1. The number of nitrogens with one attached hydrogen (secondary N) is 2. The highest BCUT2D eigenvalue weighted by Crippen LogP contribution is 2.26. The zero-order valence-electron chi connectivity index (χ0n) is 10.9. The van der Waals surface area contributed by atoms with Crippen LogP contribution in [0.3, 0.4) is 0 Å². The number of carbonyl (C=O) groups is 1. The second kappa shape index (κ2) is 7.17. The van der Waals surface area contributed by atoms with E-state index in [1.165, 1.54) is 11.5 Å². The predicted molar refractivity (Wildman–Crippen MR) is 74.1 cm³/mol. The Morgan fingerprint density at radius 3 is 2.89 bits per heavy atom. The summed E-state index contributed by atoms with van der Waals surface area (Å²) in [5, 5.41) is 6.34. The summed E-state index contributed by atoms with van der Waals surface area (Å²) >= 11 is 1.18. The Hall–Kier alpha value is -1.34. The highest BCUT2D eigenvalue weighted by atomic mass is 32.1. The fraction of sp³-hybridized carbons (Fsp3) is 0.636. The van der Waals surface area contributed by atoms with Gasteiger partial charge in [-0.15, -0.1) is 0 Å². The predicted octanol–water partition coefficient (Wildman–Crippen LogP) is 1.17. The van der Waals surface area contributed by atoms with Crippen LogP contribution in [-0.2, 0) is 4.74 Å². The maximum atomic E-state index is 11.6. The molecule has 1 rings (SSSR count). The lowest BCUT2D eigenvalue weighted by Crippen LogP contribution is -2.20. The molecule has 0 spiro atoms. The van der Waals surface area contributed by atoms with Gasteiger partial charge in [-0.05, 0) is 17.5 Å². The van der Waals surface area contributed by atoms with Gasteiger partial charge in [0.2, 0.25) is 0 Å². The van der Waals surface area contributed by atoms with Crippen LogP contribution >= 0.6 is 11.5 Å². The number of nitrogens with two attached hydrogens (primary N) is 1. The van der Waals surface area contributed by atoms with Gasteiger partial charge in [0, 0.05) is 20.2 Å². The molecule has 18 heavy (non-hydrogen) atoms. The number of aromatic nitrogens is 1. The highest BCUT2D eigenvalue weighted by molar-refractivity contribution is 7.11. The van der Waals surface area contributed by atoms with E-state index in [4.69, 9.17) is 10.5 Å². The van der Waals surface area contributed by atoms with Crippen LogP contribution in [0.5, 0.6) is 0 Å². The zero-order chi connectivity index (χ0) is 13.5. The van der Waals surface area contributed by atoms with E-state index in [-0.39, 0.29) is 11.7 Å². The molecule has 6 nitrogen and oxygen atoms in total. The third-order valence-corrected chi connectivity index (χ3v) is 2.97. The molecule has 0 fully saturated rings. The van der Waals surface area contributed by atoms with E-state index in [9.17, 15) is 4.79 Å². The lowest BCUT2D eigenvalue weighted by atomic mass is 10.2. The minimum Gasteiger partial charge on any atom is -0.382 e. The van der Waals surface area contributed by atoms with Gasteiger partial charge in [0.05, 0.1) is 6.61 Å². The van der Waals surface area contributed by atoms with Crippen molar-refractivity contribution in [2.24, 2.45) is 5.92 Å². The smallest absolute Gasteiger partial charge is 0.257 e. The van der Waals surface area contributed by atoms with Crippen molar-refractivity contribution >= 4 is 28.3 Å². The average molecular weight is 272 g/mol. The third-order valence-electron chi connectivity index (χ3n) is 2.16. The molecule has 0 aromatic carbocycles. The molecule has 0 aliphatic heterocycles. The highest BCUT2D eigenvalue weighted by Gasteiger charge is 2.17. The summed E-state index contributed by atoms with van der Waals surface area (Å²) in [4.78, 5) is 11.6. The van der Waals surface area contributed by atoms with Crippen molar-refractivity contribution in [1.29, 1.82) is 0 Å². The van der Waals surface area contributed by atoms with Gasteiger partial charge < -0.3 is 21.1 Å². The molecular weight excluding hydrogens is 252 g/mol. The molecular formula is C11H20N4O2S. The topological polar surface area (TPSA) is 89.3 Å². The molecule has 4 N–H and O–H groups in total. The van der Waals surface area contributed by atoms with E-state index in [1.807, 2.05) is 0 Å². The Bertz CT molecular complexity index is 392. The van der Waals surface area contributed by atoms with Crippen molar-refractivity contribution in [3.63, 3.8) is 0 Å². The monoisotopic (exact) mass is 272 g/mol. The summed E-state index contributed by atoms with van der Waals surface area (Å²) in [5.74, 6) is 0.544. The van der Waals surface area contributed by atoms with Gasteiger partial charge in [0.25, 0.3) is 5.91 Å². The first kappa shape index (κ1) is 14.7. The maximum absolute atomic E-state index is 11.6. The molecule has 102 valence electrons. The van der Waals surface area contributed by atoms with Gasteiger partial charge in [-0.1, -0.05) is 13.8 Å². The van der Waals surface area contributed by atoms with Crippen molar-refractivity contribution in [2.75, 3.05) is 37.9 Å². The second-order valence-electron chi connectivity index (χ2n) is 4.25. The van der Waals surface area contributed by atoms with Crippen LogP contribution in [0.25, 0.3) is 0 Å². The van der Waals surface area contributed by atoms with Crippen molar-refractivity contribution in [1.82, 2.24) is 9.69 Å². The Balaban J connectivity index is 2.45. The number of hydrogen-bond acceptors (Lipinski definition) is 6. The van der Waals surface area contributed by atoms with Gasteiger partial charge in [-0.25, -0.2) is 0 Å². The van der Waals surface area contributed by atoms with Crippen LogP contribution in [0.15, 0.2) is 0 Å². The minimum absolute atomic E-state index is 0.230. The van der Waals surface area contributed by atoms with Gasteiger partial charge in [0.1, 0.15) is 10.6 Å². The van der Waals surface area contributed by atoms with Crippen LogP contribution < -0.4 is 16.4 Å². The van der Waals surface area contributed by atoms with E-state index >= 15 is 0 Å². The van der Waals surface area contributed by atoms with Crippen molar-refractivity contribution in [3.05, 3.63) is 5.56 Å². The van der Waals surface area contributed by atoms with Gasteiger partial charge >= 0.3 is 0 Å². The van der Waals surface area contributed by atoms with Crippen LogP contribution in [-0.4, -0.2) is 37.1 Å². The van der Waals surface area contributed by atoms with E-state index in [2.05, 4.69) is 28.9 Å². The molecule has 0 radical (unpaired) electrons. The van der Waals surface area contributed by atoms with Gasteiger partial charge in [-0.2, -0.15) is 4.37 Å². The van der Waals surface area contributed by atoms with Gasteiger partial charge in [0.15, 0.2) is 5.82 Å². The summed E-state index contributed by atoms with van der Waals surface area (Å²) in [6, 6.07) is 0. The minimum atomic E-state index is -0.230. The fourth-order valence-corrected chi connectivity index (χ4v) is 2.06. The molecule has 1 amide bonds. The second-order valence-corrected chi connectivity index (χ2v) is 5.02. The number of anilines is 2. The van der Waals surface area contributed by atoms with Crippen LogP contribution in [0.2, 0.25) is 0 Å². The molecule has 0 aliphatic carbocycles. The summed E-state index contributed by atoms with van der Waals surface area (Å²) in [6.45, 7) is 6.14. The lowest BCUT2D eigenvalue weighted by molar-refractivity contribution is 0.0964. The maximum Gasteiger partial charge on any atom is 0.257 e. The summed E-state index contributed by atoms with van der Waals surface area (Å²) in [6.07, 6.45) is 0. The number of nitrogens with zero attached hydrogens (tertiary/aromatic N) is 1. The van der Waals surface area contributed by atoms with Gasteiger partial charge in [-0.3, -0.25) is 4.79 Å². The van der Waals surface area contributed by atoms with E-state index in [0.29, 0.717) is 29.6 Å². The fourth-order valence-electron chi connectivity index (χ4n) is 1.32. The molecule has 0 unspecified atom stereocenters. The Morgan fingerprint density at radius 1 is 1.56 bits per heavy atom. The van der Waals surface area contributed by atoms with E-state index in [1.54, 1.807) is 7.05 Å². The number of hydrogen-bond donors (Lipinski definition) is 3. The van der Waals surface area contributed by atoms with E-state index in [0.717, 1.165) is 6.61 Å². The van der Waals surface area contributed by atoms with Crippen LogP contribution in [0.4, 0.5) is 10.8 Å². The molecule has 0 atom stereocenters. The Labute approximate surface area is 111 Å². The zero-order valence-corrected chi connectivity index (χ0v) is 11.8. The average Bonchev–Trinajstić information content (AvgIpc) is 2.69. The van der Waals surface area contributed by atoms with Crippen LogP contribution in [0, 0.1) is 5.92 Å². The number of amides is 1. The standard InChI is InChI=1S/C11H20N4O2S/c1-7(2)6-17-5-4-14-11-8(10(16)13-3)9(12)15-18-11/h7,14H,4-6H2,1-3H3,(H2,12,15)(H,13,16). The normalized spacial score (nSPS) is 10.7. The third kappa shape index (κ3) is 4.15. The lowest BCUT2D eigenvalue weighted by Gasteiger charge is -2.08. The number of carbonyl (C=O) groups excluding carboxylic acids is 1.